The van der Waals surface area contributed by atoms with Crippen LogP contribution in [0.15, 0.2) is 12.1 Å². The van der Waals surface area contributed by atoms with Gasteiger partial charge in [-0.05, 0) is 33.3 Å². The first kappa shape index (κ1) is 18.9. The maximum Gasteiger partial charge on any atom is 0.260 e. The molecule has 0 spiro atoms. The third kappa shape index (κ3) is 2.73. The predicted molar refractivity (Wildman–Crippen MR) is 102 cm³/mol. The van der Waals surface area contributed by atoms with Gasteiger partial charge in [-0.25, -0.2) is 0 Å². The van der Waals surface area contributed by atoms with E-state index in [1.54, 1.807) is 23.8 Å². The summed E-state index contributed by atoms with van der Waals surface area (Å²) < 4.78 is 10.4. The first-order valence-electron chi connectivity index (χ1n) is 8.82. The van der Waals surface area contributed by atoms with E-state index in [4.69, 9.17) is 9.47 Å². The van der Waals surface area contributed by atoms with E-state index < -0.39 is 6.04 Å². The average molecular weight is 378 g/mol. The molecule has 2 amide bonds. The summed E-state index contributed by atoms with van der Waals surface area (Å²) >= 11 is 1.64. The Balaban J connectivity index is 2.04. The maximum atomic E-state index is 13.3. The summed E-state index contributed by atoms with van der Waals surface area (Å²) in [5, 5.41) is 2.84. The van der Waals surface area contributed by atoms with E-state index >= 15 is 0 Å². The fraction of sp³-hybridized carbons (Fsp3) is 0.579. The van der Waals surface area contributed by atoms with Crippen molar-refractivity contribution in [3.63, 3.8) is 0 Å². The number of benzene rings is 1. The number of nitrogens with zero attached hydrogens (tertiary/aromatic N) is 1. The van der Waals surface area contributed by atoms with Crippen LogP contribution >= 0.6 is 11.8 Å². The Hall–Kier alpha value is -1.89. The third-order valence-corrected chi connectivity index (χ3v) is 6.68. The lowest BCUT2D eigenvalue weighted by molar-refractivity contribution is -0.126. The maximum absolute atomic E-state index is 13.3. The summed E-state index contributed by atoms with van der Waals surface area (Å²) in [5.41, 5.74) is 1.38. The molecule has 7 heteroatoms. The molecule has 2 heterocycles. The van der Waals surface area contributed by atoms with E-state index in [2.05, 4.69) is 5.32 Å². The first-order chi connectivity index (χ1) is 12.3. The fourth-order valence-electron chi connectivity index (χ4n) is 3.68. The Bertz CT molecular complexity index is 749. The second-order valence-corrected chi connectivity index (χ2v) is 9.01. The largest absolute Gasteiger partial charge is 0.493 e. The molecule has 1 aromatic carbocycles. The zero-order chi connectivity index (χ0) is 19.2. The van der Waals surface area contributed by atoms with E-state index in [-0.39, 0.29) is 28.0 Å². The molecular weight excluding hydrogens is 352 g/mol. The van der Waals surface area contributed by atoms with E-state index in [0.717, 1.165) is 12.0 Å². The molecular formula is C19H26N2O4S. The molecule has 0 aromatic heterocycles. The zero-order valence-corrected chi connectivity index (χ0v) is 16.9. The van der Waals surface area contributed by atoms with Crippen molar-refractivity contribution in [2.24, 2.45) is 0 Å². The van der Waals surface area contributed by atoms with Gasteiger partial charge in [0.1, 0.15) is 11.4 Å². The van der Waals surface area contributed by atoms with Crippen LogP contribution in [0.3, 0.4) is 0 Å². The molecule has 1 saturated heterocycles. The van der Waals surface area contributed by atoms with Gasteiger partial charge in [0.15, 0.2) is 11.5 Å². The minimum Gasteiger partial charge on any atom is -0.493 e. The Labute approximate surface area is 158 Å². The minimum atomic E-state index is -0.540. The number of carbonyl (C=O) groups is 2. The zero-order valence-electron chi connectivity index (χ0n) is 16.1. The highest BCUT2D eigenvalue weighted by atomic mass is 32.2. The number of nitrogens with one attached hydrogen (secondary N) is 1. The number of rotatable bonds is 5. The average Bonchev–Trinajstić information content (AvgIpc) is 3.03. The summed E-state index contributed by atoms with van der Waals surface area (Å²) in [6.07, 6.45) is 0.842. The minimum absolute atomic E-state index is 0.0667. The summed E-state index contributed by atoms with van der Waals surface area (Å²) in [6, 6.07) is 3.24. The highest BCUT2D eigenvalue weighted by molar-refractivity contribution is 8.01. The van der Waals surface area contributed by atoms with Crippen molar-refractivity contribution in [2.45, 2.75) is 56.3 Å². The van der Waals surface area contributed by atoms with Crippen LogP contribution in [0.4, 0.5) is 0 Å². The van der Waals surface area contributed by atoms with E-state index in [1.165, 1.54) is 7.11 Å². The van der Waals surface area contributed by atoms with Crippen molar-refractivity contribution >= 4 is 23.6 Å². The van der Waals surface area contributed by atoms with Gasteiger partial charge in [0, 0.05) is 16.4 Å². The van der Waals surface area contributed by atoms with Crippen LogP contribution in [-0.2, 0) is 4.79 Å². The summed E-state index contributed by atoms with van der Waals surface area (Å²) in [4.78, 5) is 28.0. The highest BCUT2D eigenvalue weighted by Crippen LogP contribution is 2.58. The lowest BCUT2D eigenvalue weighted by atomic mass is 10.00. The highest BCUT2D eigenvalue weighted by Gasteiger charge is 2.58. The molecule has 2 aliphatic rings. The molecule has 6 nitrogen and oxygen atoms in total. The Morgan fingerprint density at radius 3 is 2.62 bits per heavy atom. The summed E-state index contributed by atoms with van der Waals surface area (Å²) in [7, 11) is 3.07. The van der Waals surface area contributed by atoms with Crippen molar-refractivity contribution in [3.05, 3.63) is 23.3 Å². The van der Waals surface area contributed by atoms with Crippen LogP contribution in [0.5, 0.6) is 11.5 Å². The standard InChI is InChI=1S/C19H26N2O4S/c1-7-10(2)20-16(22)15-19(3,4)26-18-11-8-9-12(24-5)14(25-6)13(11)17(23)21(15)18/h8-10,15,18H,7H2,1-6H3,(H,20,22)/t10-,15-,18-/m1/s1. The van der Waals surface area contributed by atoms with Gasteiger partial charge in [-0.2, -0.15) is 0 Å². The molecule has 3 atom stereocenters. The van der Waals surface area contributed by atoms with Crippen LogP contribution in [0, 0.1) is 0 Å². The second-order valence-electron chi connectivity index (χ2n) is 7.27. The molecule has 0 radical (unpaired) electrons. The van der Waals surface area contributed by atoms with Crippen molar-refractivity contribution in [1.82, 2.24) is 10.2 Å². The van der Waals surface area contributed by atoms with Gasteiger partial charge in [0.2, 0.25) is 5.91 Å². The molecule has 1 aromatic rings. The van der Waals surface area contributed by atoms with Gasteiger partial charge in [0.25, 0.3) is 5.91 Å². The van der Waals surface area contributed by atoms with Crippen molar-refractivity contribution < 1.29 is 19.1 Å². The normalized spacial score (nSPS) is 24.1. The Morgan fingerprint density at radius 1 is 1.35 bits per heavy atom. The lowest BCUT2D eigenvalue weighted by Crippen LogP contribution is -2.54. The van der Waals surface area contributed by atoms with Gasteiger partial charge >= 0.3 is 0 Å². The third-order valence-electron chi connectivity index (χ3n) is 5.15. The van der Waals surface area contributed by atoms with E-state index in [9.17, 15) is 9.59 Å². The molecule has 142 valence electrons. The Morgan fingerprint density at radius 2 is 2.04 bits per heavy atom. The van der Waals surface area contributed by atoms with Crippen LogP contribution in [0.2, 0.25) is 0 Å². The monoisotopic (exact) mass is 378 g/mol. The molecule has 26 heavy (non-hydrogen) atoms. The number of amides is 2. The van der Waals surface area contributed by atoms with Gasteiger partial charge in [0.05, 0.1) is 19.8 Å². The number of hydrogen-bond donors (Lipinski definition) is 1. The van der Waals surface area contributed by atoms with E-state index in [0.29, 0.717) is 17.1 Å². The first-order valence-corrected chi connectivity index (χ1v) is 9.70. The number of methoxy groups -OCH3 is 2. The molecule has 0 bridgehead atoms. The predicted octanol–water partition coefficient (Wildman–Crippen LogP) is 2.97. The van der Waals surface area contributed by atoms with Crippen LogP contribution in [-0.4, -0.2) is 47.8 Å². The van der Waals surface area contributed by atoms with Gasteiger partial charge in [-0.1, -0.05) is 13.0 Å². The van der Waals surface area contributed by atoms with Crippen molar-refractivity contribution in [1.29, 1.82) is 0 Å². The second kappa shape index (κ2) is 6.68. The molecule has 1 N–H and O–H groups in total. The molecule has 0 saturated carbocycles. The van der Waals surface area contributed by atoms with Gasteiger partial charge < -0.3 is 19.7 Å². The number of ether oxygens (including phenoxy) is 2. The van der Waals surface area contributed by atoms with Crippen molar-refractivity contribution in [2.75, 3.05) is 14.2 Å². The van der Waals surface area contributed by atoms with Crippen molar-refractivity contribution in [3.8, 4) is 11.5 Å². The molecule has 1 fully saturated rings. The summed E-state index contributed by atoms with van der Waals surface area (Å²) in [6.45, 7) is 8.03. The fourth-order valence-corrected chi connectivity index (χ4v) is 5.26. The van der Waals surface area contributed by atoms with E-state index in [1.807, 2.05) is 39.8 Å². The van der Waals surface area contributed by atoms with Crippen LogP contribution in [0.25, 0.3) is 0 Å². The number of thioether (sulfide) groups is 1. The quantitative estimate of drug-likeness (QED) is 0.853. The van der Waals surface area contributed by atoms with Gasteiger partial charge in [-0.15, -0.1) is 11.8 Å². The Kier molecular flexibility index (Phi) is 4.86. The molecule has 3 rings (SSSR count). The topological polar surface area (TPSA) is 67.9 Å². The number of fused-ring (bicyclic) bond motifs is 3. The molecule has 2 aliphatic heterocycles. The number of carbonyl (C=O) groups excluding carboxylic acids is 2. The lowest BCUT2D eigenvalue weighted by Gasteiger charge is -2.30. The van der Waals surface area contributed by atoms with Crippen LogP contribution < -0.4 is 14.8 Å². The smallest absolute Gasteiger partial charge is 0.260 e. The molecule has 0 unspecified atom stereocenters. The summed E-state index contributed by atoms with van der Waals surface area (Å²) in [5.74, 6) is 0.670. The van der Waals surface area contributed by atoms with Crippen LogP contribution in [0.1, 0.15) is 55.4 Å². The SMILES string of the molecule is CC[C@@H](C)NC(=O)[C@H]1N2C(=O)c3c(ccc(OC)c3OC)[C@H]2SC1(C)C. The number of hydrogen-bond acceptors (Lipinski definition) is 5. The molecule has 0 aliphatic carbocycles. The van der Waals surface area contributed by atoms with Gasteiger partial charge in [-0.3, -0.25) is 9.59 Å².